The van der Waals surface area contributed by atoms with Crippen molar-refractivity contribution in [3.8, 4) is 16.9 Å². The Kier molecular flexibility index (Phi) is 8.18. The Bertz CT molecular complexity index is 1410. The molecule has 1 aliphatic rings. The molecule has 7 heteroatoms. The number of carbonyl (C=O) groups excluding carboxylic acids is 1. The first kappa shape index (κ1) is 26.4. The van der Waals surface area contributed by atoms with Gasteiger partial charge in [-0.15, -0.1) is 0 Å². The zero-order valence-electron chi connectivity index (χ0n) is 22.0. The maximum absolute atomic E-state index is 12.7. The summed E-state index contributed by atoms with van der Waals surface area (Å²) >= 11 is 0. The summed E-state index contributed by atoms with van der Waals surface area (Å²) < 4.78 is 7.84. The van der Waals surface area contributed by atoms with E-state index in [1.165, 1.54) is 49.8 Å². The fourth-order valence-corrected chi connectivity index (χ4v) is 5.05. The molecule has 1 atom stereocenters. The summed E-state index contributed by atoms with van der Waals surface area (Å²) in [5.74, 6) is -0.691. The topological polar surface area (TPSA) is 93.5 Å². The number of rotatable bonds is 9. The van der Waals surface area contributed by atoms with Crippen LogP contribution in [0.2, 0.25) is 0 Å². The third-order valence-electron chi connectivity index (χ3n) is 7.33. The van der Waals surface area contributed by atoms with E-state index in [-0.39, 0.29) is 18.1 Å². The molecule has 200 valence electrons. The second kappa shape index (κ2) is 12.1. The molecule has 1 aliphatic carbocycles. The highest BCUT2D eigenvalue weighted by atomic mass is 16.5. The van der Waals surface area contributed by atoms with Crippen molar-refractivity contribution in [1.82, 2.24) is 9.78 Å². The van der Waals surface area contributed by atoms with Crippen molar-refractivity contribution >= 4 is 17.6 Å². The van der Waals surface area contributed by atoms with Gasteiger partial charge < -0.3 is 15.2 Å². The van der Waals surface area contributed by atoms with Crippen LogP contribution in [0.3, 0.4) is 0 Å². The third kappa shape index (κ3) is 6.44. The van der Waals surface area contributed by atoms with E-state index in [0.717, 1.165) is 22.5 Å². The second-order valence-electron chi connectivity index (χ2n) is 10.1. The predicted molar refractivity (Wildman–Crippen MR) is 151 cm³/mol. The number of nitrogens with one attached hydrogen (secondary N) is 1. The first-order valence-corrected chi connectivity index (χ1v) is 13.5. The molecule has 0 saturated heterocycles. The molecule has 3 aromatic carbocycles. The lowest BCUT2D eigenvalue weighted by Gasteiger charge is -2.22. The lowest BCUT2D eigenvalue weighted by atomic mass is 9.84. The average Bonchev–Trinajstić information content (AvgIpc) is 3.41. The first-order chi connectivity index (χ1) is 19.0. The predicted octanol–water partition coefficient (Wildman–Crippen LogP) is 6.83. The van der Waals surface area contributed by atoms with Crippen LogP contribution in [0.5, 0.6) is 0 Å². The monoisotopic (exact) mass is 523 g/mol. The molecule has 1 saturated carbocycles. The number of nitrogens with zero attached hydrogens (tertiary/aromatic N) is 2. The van der Waals surface area contributed by atoms with Crippen LogP contribution in [-0.4, -0.2) is 32.9 Å². The Labute approximate surface area is 228 Å². The Balaban J connectivity index is 1.32. The van der Waals surface area contributed by atoms with Crippen molar-refractivity contribution in [3.05, 3.63) is 102 Å². The minimum atomic E-state index is -1.01. The van der Waals surface area contributed by atoms with E-state index >= 15 is 0 Å². The van der Waals surface area contributed by atoms with Gasteiger partial charge in [-0.3, -0.25) is 4.79 Å². The van der Waals surface area contributed by atoms with Gasteiger partial charge in [0.25, 0.3) is 5.91 Å². The Morgan fingerprint density at radius 2 is 1.67 bits per heavy atom. The van der Waals surface area contributed by atoms with Gasteiger partial charge in [-0.05, 0) is 67.6 Å². The molecule has 1 fully saturated rings. The highest BCUT2D eigenvalue weighted by Gasteiger charge is 2.19. The maximum Gasteiger partial charge on any atom is 0.335 e. The minimum Gasteiger partial charge on any atom is -0.478 e. The smallest absolute Gasteiger partial charge is 0.335 e. The van der Waals surface area contributed by atoms with Crippen LogP contribution in [0.4, 0.5) is 5.69 Å². The average molecular weight is 524 g/mol. The largest absolute Gasteiger partial charge is 0.478 e. The zero-order chi connectivity index (χ0) is 27.2. The molecular formula is C32H33N3O4. The second-order valence-corrected chi connectivity index (χ2v) is 10.1. The Hall–Kier alpha value is -4.23. The van der Waals surface area contributed by atoms with Crippen molar-refractivity contribution in [3.63, 3.8) is 0 Å². The number of hydrogen-bond donors (Lipinski definition) is 2. The van der Waals surface area contributed by atoms with Crippen LogP contribution in [0, 0.1) is 0 Å². The normalized spacial score (nSPS) is 14.6. The van der Waals surface area contributed by atoms with Gasteiger partial charge in [-0.25, -0.2) is 9.48 Å². The quantitative estimate of drug-likeness (QED) is 0.251. The van der Waals surface area contributed by atoms with E-state index in [1.807, 2.05) is 41.2 Å². The molecule has 0 bridgehead atoms. The number of aromatic carboxylic acids is 1. The SMILES string of the molecule is CC(OCc1cn(-c2ccccc2)nc1-c1ccc(C2CCCCC2)cc1)C(=O)Nc1ccc(C(=O)O)cc1. The molecule has 1 unspecified atom stereocenters. The van der Waals surface area contributed by atoms with Gasteiger partial charge in [0.15, 0.2) is 0 Å². The Morgan fingerprint density at radius 1 is 0.974 bits per heavy atom. The molecule has 4 aromatic rings. The molecule has 39 heavy (non-hydrogen) atoms. The lowest BCUT2D eigenvalue weighted by molar-refractivity contribution is -0.127. The molecule has 1 heterocycles. The Morgan fingerprint density at radius 3 is 2.33 bits per heavy atom. The number of para-hydroxylation sites is 1. The van der Waals surface area contributed by atoms with Crippen LogP contribution in [0.25, 0.3) is 16.9 Å². The number of benzene rings is 3. The molecule has 1 amide bonds. The summed E-state index contributed by atoms with van der Waals surface area (Å²) in [7, 11) is 0. The summed E-state index contributed by atoms with van der Waals surface area (Å²) in [6.45, 7) is 1.90. The van der Waals surface area contributed by atoms with E-state index in [0.29, 0.717) is 11.6 Å². The van der Waals surface area contributed by atoms with Gasteiger partial charge in [0.1, 0.15) is 6.10 Å². The van der Waals surface area contributed by atoms with E-state index < -0.39 is 12.1 Å². The number of anilines is 1. The number of carboxylic acid groups (broad SMARTS) is 1. The molecule has 0 aliphatic heterocycles. The van der Waals surface area contributed by atoms with Crippen molar-refractivity contribution in [2.75, 3.05) is 5.32 Å². The van der Waals surface area contributed by atoms with Crippen LogP contribution >= 0.6 is 0 Å². The maximum atomic E-state index is 12.7. The fraction of sp³-hybridized carbons (Fsp3) is 0.281. The fourth-order valence-electron chi connectivity index (χ4n) is 5.05. The first-order valence-electron chi connectivity index (χ1n) is 13.5. The number of aromatic nitrogens is 2. The minimum absolute atomic E-state index is 0.159. The lowest BCUT2D eigenvalue weighted by Crippen LogP contribution is -2.27. The summed E-state index contributed by atoms with van der Waals surface area (Å²) in [4.78, 5) is 23.8. The third-order valence-corrected chi connectivity index (χ3v) is 7.33. The number of carboxylic acids is 1. The van der Waals surface area contributed by atoms with Gasteiger partial charge in [-0.1, -0.05) is 61.7 Å². The van der Waals surface area contributed by atoms with Crippen LogP contribution < -0.4 is 5.32 Å². The van der Waals surface area contributed by atoms with E-state index in [2.05, 4.69) is 29.6 Å². The number of ether oxygens (including phenoxy) is 1. The molecule has 7 nitrogen and oxygen atoms in total. The van der Waals surface area contributed by atoms with Crippen LogP contribution in [-0.2, 0) is 16.1 Å². The van der Waals surface area contributed by atoms with Gasteiger partial charge in [0, 0.05) is 23.0 Å². The molecule has 0 spiro atoms. The molecule has 5 rings (SSSR count). The van der Waals surface area contributed by atoms with E-state index in [1.54, 1.807) is 19.1 Å². The van der Waals surface area contributed by atoms with Crippen LogP contribution in [0.1, 0.15) is 66.4 Å². The van der Waals surface area contributed by atoms with Gasteiger partial charge in [-0.2, -0.15) is 5.10 Å². The van der Waals surface area contributed by atoms with E-state index in [4.69, 9.17) is 14.9 Å². The van der Waals surface area contributed by atoms with E-state index in [9.17, 15) is 9.59 Å². The van der Waals surface area contributed by atoms with Crippen LogP contribution in [0.15, 0.2) is 85.1 Å². The van der Waals surface area contributed by atoms with Crippen molar-refractivity contribution in [2.45, 2.75) is 57.7 Å². The molecule has 0 radical (unpaired) electrons. The van der Waals surface area contributed by atoms with Gasteiger partial charge in [0.2, 0.25) is 0 Å². The van der Waals surface area contributed by atoms with Gasteiger partial charge in [0.05, 0.1) is 23.6 Å². The number of hydrogen-bond acceptors (Lipinski definition) is 4. The zero-order valence-corrected chi connectivity index (χ0v) is 22.0. The standard InChI is InChI=1S/C32H33N3O4/c1-22(31(36)33-28-18-16-26(17-19-28)32(37)38)39-21-27-20-35(29-10-6-3-7-11-29)34-30(27)25-14-12-24(13-15-25)23-8-4-2-5-9-23/h3,6-7,10-20,22-23H,2,4-5,8-9,21H2,1H3,(H,33,36)(H,37,38). The summed E-state index contributed by atoms with van der Waals surface area (Å²) in [6.07, 6.45) is 7.67. The molecule has 1 aromatic heterocycles. The summed E-state index contributed by atoms with van der Waals surface area (Å²) in [5, 5.41) is 16.7. The summed E-state index contributed by atoms with van der Waals surface area (Å²) in [5.41, 5.74) is 5.72. The highest BCUT2D eigenvalue weighted by molar-refractivity contribution is 5.94. The highest BCUT2D eigenvalue weighted by Crippen LogP contribution is 2.34. The van der Waals surface area contributed by atoms with Gasteiger partial charge >= 0.3 is 5.97 Å². The van der Waals surface area contributed by atoms with Crippen molar-refractivity contribution in [1.29, 1.82) is 0 Å². The number of carbonyl (C=O) groups is 2. The van der Waals surface area contributed by atoms with Crippen molar-refractivity contribution in [2.24, 2.45) is 0 Å². The molecule has 2 N–H and O–H groups in total. The molecular weight excluding hydrogens is 490 g/mol. The number of amides is 1. The summed E-state index contributed by atoms with van der Waals surface area (Å²) in [6, 6.07) is 24.7. The van der Waals surface area contributed by atoms with Crippen molar-refractivity contribution < 1.29 is 19.4 Å².